The second kappa shape index (κ2) is 10.8. The van der Waals surface area contributed by atoms with Crippen LogP contribution in [0, 0.1) is 24.3 Å². The monoisotopic (exact) mass is 558 g/mol. The number of para-hydroxylation sites is 2. The highest BCUT2D eigenvalue weighted by molar-refractivity contribution is 5.58. The van der Waals surface area contributed by atoms with E-state index in [0.717, 1.165) is 6.07 Å². The summed E-state index contributed by atoms with van der Waals surface area (Å²) in [6.45, 7) is 3.48. The second-order valence-corrected chi connectivity index (χ2v) is 9.80. The standard InChI is InChI=1S/C29H30N6O6/c1-18-25(28(36)32(30(18)3)20-11-7-5-8-12-20)27(23-16-15-22(34(38)39)17-24(23)35(40)41)26-19(2)31(4)33(29(26)37)21-13-9-6-10-14-21/h5-17,27,34-35,38,40H,1-4H3. The van der Waals surface area contributed by atoms with Gasteiger partial charge in [-0.1, -0.05) is 36.4 Å². The van der Waals surface area contributed by atoms with Crippen molar-refractivity contribution < 1.29 is 20.9 Å². The summed E-state index contributed by atoms with van der Waals surface area (Å²) in [5.74, 6) is -1.11. The number of nitrogens with zero attached hydrogens (tertiary/aromatic N) is 4. The van der Waals surface area contributed by atoms with Gasteiger partial charge in [0.2, 0.25) is 0 Å². The molecule has 4 N–H and O–H groups in total. The predicted octanol–water partition coefficient (Wildman–Crippen LogP) is 1.27. The van der Waals surface area contributed by atoms with Crippen molar-refractivity contribution in [2.75, 3.05) is 0 Å². The van der Waals surface area contributed by atoms with Crippen LogP contribution >= 0.6 is 0 Å². The van der Waals surface area contributed by atoms with Crippen LogP contribution in [-0.4, -0.2) is 29.1 Å². The van der Waals surface area contributed by atoms with Crippen molar-refractivity contribution >= 4 is 11.4 Å². The van der Waals surface area contributed by atoms with Gasteiger partial charge in [0.15, 0.2) is 11.4 Å². The first kappa shape index (κ1) is 28.0. The predicted molar refractivity (Wildman–Crippen MR) is 150 cm³/mol. The summed E-state index contributed by atoms with van der Waals surface area (Å²) in [7, 11) is 3.44. The van der Waals surface area contributed by atoms with Crippen LogP contribution in [0.5, 0.6) is 0 Å². The highest BCUT2D eigenvalue weighted by Crippen LogP contribution is 2.36. The first-order valence-corrected chi connectivity index (χ1v) is 12.8. The minimum atomic E-state index is -1.37. The van der Waals surface area contributed by atoms with Gasteiger partial charge in [0.25, 0.3) is 11.1 Å². The third kappa shape index (κ3) is 4.64. The lowest BCUT2D eigenvalue weighted by Crippen LogP contribution is -3.01. The van der Waals surface area contributed by atoms with E-state index in [1.54, 1.807) is 85.8 Å². The number of rotatable bonds is 7. The van der Waals surface area contributed by atoms with Crippen molar-refractivity contribution in [3.63, 3.8) is 0 Å². The lowest BCUT2D eigenvalue weighted by Gasteiger charge is -2.23. The van der Waals surface area contributed by atoms with Crippen LogP contribution in [0.4, 0.5) is 11.4 Å². The Kier molecular flexibility index (Phi) is 7.36. The van der Waals surface area contributed by atoms with Crippen LogP contribution in [0.2, 0.25) is 0 Å². The zero-order chi connectivity index (χ0) is 29.6. The zero-order valence-electron chi connectivity index (χ0n) is 22.9. The number of hydrogen-bond acceptors (Lipinski definition) is 6. The maximum atomic E-state index is 14.2. The molecule has 0 fully saturated rings. The van der Waals surface area contributed by atoms with E-state index < -0.39 is 27.5 Å². The smallest absolute Gasteiger partial charge is 0.275 e. The molecule has 5 aromatic rings. The Hall–Kier alpha value is -4.56. The lowest BCUT2D eigenvalue weighted by atomic mass is 9.84. The largest absolute Gasteiger partial charge is 0.595 e. The van der Waals surface area contributed by atoms with Gasteiger partial charge in [-0.3, -0.25) is 19.0 Å². The minimum absolute atomic E-state index is 0.138. The van der Waals surface area contributed by atoms with E-state index in [1.165, 1.54) is 21.5 Å². The van der Waals surface area contributed by atoms with Crippen LogP contribution < -0.4 is 21.6 Å². The van der Waals surface area contributed by atoms with E-state index >= 15 is 0 Å². The van der Waals surface area contributed by atoms with Gasteiger partial charge in [0.1, 0.15) is 0 Å². The Morgan fingerprint density at radius 3 is 1.51 bits per heavy atom. The lowest BCUT2D eigenvalue weighted by molar-refractivity contribution is -0.996. The SMILES string of the molecule is Cc1c(C(c2ccc([NH+]([O-])O)cc2[NH+]([O-])O)c2c(C)n(C)n(-c3ccccc3)c2=O)c(=O)n(-c2ccccc2)n1C. The van der Waals surface area contributed by atoms with Crippen molar-refractivity contribution in [2.45, 2.75) is 19.8 Å². The van der Waals surface area contributed by atoms with E-state index in [9.17, 15) is 30.4 Å². The molecule has 0 spiro atoms. The van der Waals surface area contributed by atoms with Gasteiger partial charge in [0.05, 0.1) is 34.5 Å². The molecule has 2 aromatic heterocycles. The Morgan fingerprint density at radius 1 is 0.683 bits per heavy atom. The van der Waals surface area contributed by atoms with E-state index in [1.807, 2.05) is 12.1 Å². The molecule has 41 heavy (non-hydrogen) atoms. The molecule has 0 amide bonds. The van der Waals surface area contributed by atoms with Crippen molar-refractivity contribution in [1.29, 1.82) is 0 Å². The molecule has 0 saturated carbocycles. The van der Waals surface area contributed by atoms with Gasteiger partial charge >= 0.3 is 0 Å². The number of aromatic nitrogens is 4. The normalized spacial score (nSPS) is 13.1. The summed E-state index contributed by atoms with van der Waals surface area (Å²) in [4.78, 5) is 28.4. The average Bonchev–Trinajstić information content (AvgIpc) is 3.32. The highest BCUT2D eigenvalue weighted by Gasteiger charge is 2.36. The first-order valence-electron chi connectivity index (χ1n) is 12.8. The maximum absolute atomic E-state index is 14.2. The Balaban J connectivity index is 1.90. The summed E-state index contributed by atoms with van der Waals surface area (Å²) >= 11 is 0. The number of quaternary nitrogens is 2. The van der Waals surface area contributed by atoms with E-state index in [-0.39, 0.29) is 28.1 Å². The van der Waals surface area contributed by atoms with Crippen LogP contribution in [0.25, 0.3) is 11.4 Å². The van der Waals surface area contributed by atoms with Crippen LogP contribution in [0.3, 0.4) is 0 Å². The molecule has 5 rings (SSSR count). The number of benzene rings is 3. The molecule has 12 nitrogen and oxygen atoms in total. The van der Waals surface area contributed by atoms with Gasteiger partial charge in [-0.25, -0.2) is 19.8 Å². The number of nitrogens with one attached hydrogen (secondary N) is 2. The Morgan fingerprint density at radius 2 is 1.12 bits per heavy atom. The van der Waals surface area contributed by atoms with Crippen molar-refractivity contribution in [1.82, 2.24) is 18.7 Å². The molecule has 0 radical (unpaired) electrons. The molecule has 2 heterocycles. The first-order chi connectivity index (χ1) is 19.5. The van der Waals surface area contributed by atoms with Gasteiger partial charge in [-0.15, -0.1) is 0 Å². The van der Waals surface area contributed by atoms with Crippen molar-refractivity contribution in [3.8, 4) is 11.4 Å². The molecule has 0 saturated heterocycles. The third-order valence-electron chi connectivity index (χ3n) is 7.62. The molecular weight excluding hydrogens is 528 g/mol. The Labute approximate surface area is 234 Å². The summed E-state index contributed by atoms with van der Waals surface area (Å²) in [6, 6.07) is 21.7. The molecule has 12 heteroatoms. The van der Waals surface area contributed by atoms with Crippen LogP contribution in [-0.2, 0) is 14.1 Å². The minimum Gasteiger partial charge on any atom is -0.595 e. The quantitative estimate of drug-likeness (QED) is 0.221. The fourth-order valence-corrected chi connectivity index (χ4v) is 5.42. The molecule has 0 bridgehead atoms. The topological polar surface area (TPSA) is 149 Å². The average molecular weight is 559 g/mol. The zero-order valence-corrected chi connectivity index (χ0v) is 22.9. The van der Waals surface area contributed by atoms with Crippen LogP contribution in [0.15, 0.2) is 88.5 Å². The summed E-state index contributed by atoms with van der Waals surface area (Å²) in [6.07, 6.45) is 0. The van der Waals surface area contributed by atoms with E-state index in [0.29, 0.717) is 22.8 Å². The molecule has 0 aliphatic carbocycles. The van der Waals surface area contributed by atoms with Gasteiger partial charge < -0.3 is 10.4 Å². The second-order valence-electron chi connectivity index (χ2n) is 9.80. The van der Waals surface area contributed by atoms with E-state index in [4.69, 9.17) is 0 Å². The van der Waals surface area contributed by atoms with Gasteiger partial charge in [0, 0.05) is 37.1 Å². The molecule has 0 aliphatic heterocycles. The van der Waals surface area contributed by atoms with Crippen LogP contribution in [0.1, 0.15) is 34.0 Å². The summed E-state index contributed by atoms with van der Waals surface area (Å²) in [5, 5.41) is 41.3. The Bertz CT molecular complexity index is 1730. The molecule has 2 atom stereocenters. The van der Waals surface area contributed by atoms with Crippen molar-refractivity contribution in [2.24, 2.45) is 14.1 Å². The summed E-state index contributed by atoms with van der Waals surface area (Å²) < 4.78 is 6.27. The van der Waals surface area contributed by atoms with Gasteiger partial charge in [-0.05, 0) is 44.2 Å². The molecular formula is C29H30N6O6. The molecule has 212 valence electrons. The fraction of sp³-hybridized carbons (Fsp3) is 0.172. The maximum Gasteiger partial charge on any atom is 0.275 e. The third-order valence-corrected chi connectivity index (χ3v) is 7.62. The van der Waals surface area contributed by atoms with Crippen molar-refractivity contribution in [3.05, 3.63) is 138 Å². The van der Waals surface area contributed by atoms with Gasteiger partial charge in [-0.2, -0.15) is 10.5 Å². The number of hydrogen-bond donors (Lipinski definition) is 4. The molecule has 2 unspecified atom stereocenters. The summed E-state index contributed by atoms with van der Waals surface area (Å²) in [5.41, 5.74) is 1.44. The molecule has 3 aromatic carbocycles. The molecule has 0 aliphatic rings. The highest BCUT2D eigenvalue weighted by atomic mass is 16.8. The van der Waals surface area contributed by atoms with E-state index in [2.05, 4.69) is 0 Å². The fourth-order valence-electron chi connectivity index (χ4n) is 5.42.